The molecule has 0 saturated heterocycles. The Labute approximate surface area is 137 Å². The van der Waals surface area contributed by atoms with Crippen LogP contribution in [-0.2, 0) is 14.3 Å². The Morgan fingerprint density at radius 1 is 1.21 bits per heavy atom. The monoisotopic (exact) mass is 338 g/mol. The number of carbonyl (C=O) groups is 4. The molecule has 0 aliphatic rings. The number of amides is 2. The fraction of sp³-hybridized carbons (Fsp3) is 0.333. The van der Waals surface area contributed by atoms with Crippen LogP contribution >= 0.6 is 0 Å². The number of carboxylic acids is 1. The minimum Gasteiger partial charge on any atom is -0.478 e. The van der Waals surface area contributed by atoms with Crippen molar-refractivity contribution in [3.8, 4) is 5.75 Å². The van der Waals surface area contributed by atoms with Crippen molar-refractivity contribution in [3.05, 3.63) is 23.8 Å². The second-order valence-electron chi connectivity index (χ2n) is 5.67. The first-order chi connectivity index (χ1) is 11.1. The Morgan fingerprint density at radius 3 is 2.42 bits per heavy atom. The van der Waals surface area contributed by atoms with E-state index in [9.17, 15) is 19.2 Å². The molecule has 0 unspecified atom stereocenters. The summed E-state index contributed by atoms with van der Waals surface area (Å²) in [6, 6.07) is 3.59. The molecule has 9 nitrogen and oxygen atoms in total. The van der Waals surface area contributed by atoms with Crippen molar-refractivity contribution in [2.24, 2.45) is 0 Å². The summed E-state index contributed by atoms with van der Waals surface area (Å²) >= 11 is 0. The van der Waals surface area contributed by atoms with Crippen molar-refractivity contribution in [1.29, 1.82) is 0 Å². The Balaban J connectivity index is 2.70. The number of hydrogen-bond donors (Lipinski definition) is 3. The van der Waals surface area contributed by atoms with Crippen molar-refractivity contribution in [3.63, 3.8) is 0 Å². The van der Waals surface area contributed by atoms with Crippen LogP contribution in [0.1, 0.15) is 31.1 Å². The molecule has 24 heavy (non-hydrogen) atoms. The Kier molecular flexibility index (Phi) is 6.28. The Morgan fingerprint density at radius 2 is 1.88 bits per heavy atom. The predicted octanol–water partition coefficient (Wildman–Crippen LogP) is 1.38. The molecule has 0 atom stereocenters. The summed E-state index contributed by atoms with van der Waals surface area (Å²) in [6.45, 7) is 4.79. The maximum absolute atomic E-state index is 11.8. The first kappa shape index (κ1) is 18.9. The van der Waals surface area contributed by atoms with E-state index < -0.39 is 23.6 Å². The summed E-state index contributed by atoms with van der Waals surface area (Å²) in [6.07, 6.45) is -0.762. The molecule has 1 aromatic carbocycles. The normalized spacial score (nSPS) is 10.5. The largest absolute Gasteiger partial charge is 0.478 e. The van der Waals surface area contributed by atoms with E-state index in [0.717, 1.165) is 6.07 Å². The molecule has 0 spiro atoms. The molecule has 0 radical (unpaired) electrons. The van der Waals surface area contributed by atoms with Gasteiger partial charge in [0.15, 0.2) is 0 Å². The van der Waals surface area contributed by atoms with E-state index in [1.54, 1.807) is 20.8 Å². The van der Waals surface area contributed by atoms with E-state index in [1.807, 2.05) is 0 Å². The van der Waals surface area contributed by atoms with E-state index in [2.05, 4.69) is 15.4 Å². The molecule has 0 aromatic heterocycles. The highest BCUT2D eigenvalue weighted by Gasteiger charge is 2.17. The summed E-state index contributed by atoms with van der Waals surface area (Å²) < 4.78 is 9.56. The number of nitrogens with one attached hydrogen (secondary N) is 2. The Bertz CT molecular complexity index is 650. The first-order valence-electron chi connectivity index (χ1n) is 6.86. The third kappa shape index (κ3) is 6.77. The lowest BCUT2D eigenvalue weighted by Crippen LogP contribution is -2.37. The molecule has 3 N–H and O–H groups in total. The maximum Gasteiger partial charge on any atom is 0.408 e. The zero-order chi connectivity index (χ0) is 18.3. The summed E-state index contributed by atoms with van der Waals surface area (Å²) in [4.78, 5) is 44.6. The quantitative estimate of drug-likeness (QED) is 0.668. The van der Waals surface area contributed by atoms with Gasteiger partial charge in [0.2, 0.25) is 5.91 Å². The molecule has 0 fully saturated rings. The number of alkyl carbamates (subject to hydrolysis) is 1. The van der Waals surface area contributed by atoms with Gasteiger partial charge in [0.1, 0.15) is 17.9 Å². The van der Waals surface area contributed by atoms with Crippen LogP contribution < -0.4 is 15.4 Å². The van der Waals surface area contributed by atoms with Gasteiger partial charge in [0.05, 0.1) is 5.56 Å². The third-order valence-corrected chi connectivity index (χ3v) is 2.41. The molecule has 1 aromatic rings. The van der Waals surface area contributed by atoms with E-state index in [4.69, 9.17) is 9.84 Å². The molecular formula is C15H18N2O7. The van der Waals surface area contributed by atoms with E-state index in [1.165, 1.54) is 12.1 Å². The average Bonchev–Trinajstić information content (AvgIpc) is 2.43. The van der Waals surface area contributed by atoms with Crippen LogP contribution in [0.5, 0.6) is 5.75 Å². The summed E-state index contributed by atoms with van der Waals surface area (Å²) in [5.74, 6) is -1.91. The number of carbonyl (C=O) groups excluding carboxylic acids is 3. The summed E-state index contributed by atoms with van der Waals surface area (Å²) in [7, 11) is 0. The molecule has 0 aliphatic heterocycles. The van der Waals surface area contributed by atoms with Gasteiger partial charge in [-0.1, -0.05) is 0 Å². The second kappa shape index (κ2) is 7.95. The van der Waals surface area contributed by atoms with Crippen molar-refractivity contribution in [1.82, 2.24) is 5.32 Å². The van der Waals surface area contributed by atoms with Crippen molar-refractivity contribution in [2.75, 3.05) is 11.9 Å². The highest BCUT2D eigenvalue weighted by molar-refractivity contribution is 5.96. The number of rotatable bonds is 6. The number of ether oxygens (including phenoxy) is 2. The van der Waals surface area contributed by atoms with Crippen molar-refractivity contribution < 1.29 is 33.8 Å². The minimum absolute atomic E-state index is 0.0414. The fourth-order valence-corrected chi connectivity index (χ4v) is 1.59. The lowest BCUT2D eigenvalue weighted by molar-refractivity contribution is -0.120. The predicted molar refractivity (Wildman–Crippen MR) is 83.0 cm³/mol. The molecule has 0 aliphatic carbocycles. The first-order valence-corrected chi connectivity index (χ1v) is 6.86. The van der Waals surface area contributed by atoms with Crippen LogP contribution in [0.25, 0.3) is 0 Å². The van der Waals surface area contributed by atoms with Gasteiger partial charge in [-0.3, -0.25) is 9.59 Å². The second-order valence-corrected chi connectivity index (χ2v) is 5.67. The number of carboxylic acid groups (broad SMARTS) is 1. The van der Waals surface area contributed by atoms with Gasteiger partial charge in [0, 0.05) is 11.8 Å². The van der Waals surface area contributed by atoms with Gasteiger partial charge >= 0.3 is 12.1 Å². The molecule has 0 bridgehead atoms. The third-order valence-electron chi connectivity index (χ3n) is 2.41. The van der Waals surface area contributed by atoms with Crippen LogP contribution in [0.4, 0.5) is 10.5 Å². The average molecular weight is 338 g/mol. The van der Waals surface area contributed by atoms with Gasteiger partial charge < -0.3 is 25.2 Å². The zero-order valence-electron chi connectivity index (χ0n) is 13.4. The van der Waals surface area contributed by atoms with Crippen molar-refractivity contribution >= 4 is 30.1 Å². The van der Waals surface area contributed by atoms with Gasteiger partial charge in [-0.2, -0.15) is 0 Å². The molecule has 0 saturated carbocycles. The number of benzene rings is 1. The molecular weight excluding hydrogens is 320 g/mol. The van der Waals surface area contributed by atoms with Crippen molar-refractivity contribution in [2.45, 2.75) is 26.4 Å². The van der Waals surface area contributed by atoms with Crippen LogP contribution in [0.3, 0.4) is 0 Å². The summed E-state index contributed by atoms with van der Waals surface area (Å²) in [5.41, 5.74) is -0.773. The van der Waals surface area contributed by atoms with E-state index >= 15 is 0 Å². The fourth-order valence-electron chi connectivity index (χ4n) is 1.59. The number of hydrogen-bond acceptors (Lipinski definition) is 6. The number of aromatic carboxylic acids is 1. The Hall–Kier alpha value is -3.10. The molecule has 1 rings (SSSR count). The smallest absolute Gasteiger partial charge is 0.408 e. The van der Waals surface area contributed by atoms with Gasteiger partial charge in [-0.15, -0.1) is 0 Å². The van der Waals surface area contributed by atoms with Crippen LogP contribution in [0.2, 0.25) is 0 Å². The SMILES string of the molecule is CC(C)(C)OC(=O)NCC(=O)Nc1cc(OC=O)cc(C(=O)O)c1. The molecule has 130 valence electrons. The van der Waals surface area contributed by atoms with Crippen LogP contribution in [0.15, 0.2) is 18.2 Å². The van der Waals surface area contributed by atoms with Gasteiger partial charge in [-0.25, -0.2) is 9.59 Å². The van der Waals surface area contributed by atoms with Gasteiger partial charge in [0.25, 0.3) is 6.47 Å². The van der Waals surface area contributed by atoms with E-state index in [-0.39, 0.29) is 30.0 Å². The number of anilines is 1. The molecule has 0 heterocycles. The van der Waals surface area contributed by atoms with Gasteiger partial charge in [-0.05, 0) is 32.9 Å². The van der Waals surface area contributed by atoms with Crippen LogP contribution in [-0.4, -0.2) is 41.7 Å². The maximum atomic E-state index is 11.8. The highest BCUT2D eigenvalue weighted by atomic mass is 16.6. The zero-order valence-corrected chi connectivity index (χ0v) is 13.4. The van der Waals surface area contributed by atoms with Crippen LogP contribution in [0, 0.1) is 0 Å². The topological polar surface area (TPSA) is 131 Å². The van der Waals surface area contributed by atoms with E-state index in [0.29, 0.717) is 0 Å². The molecule has 9 heteroatoms. The highest BCUT2D eigenvalue weighted by Crippen LogP contribution is 2.21. The lowest BCUT2D eigenvalue weighted by Gasteiger charge is -2.19. The minimum atomic E-state index is -1.26. The standard InChI is InChI=1S/C15H18N2O7/c1-15(2,3)24-14(22)16-7-12(19)17-10-4-9(13(20)21)5-11(6-10)23-8-18/h4-6,8H,7H2,1-3H3,(H,16,22)(H,17,19)(H,20,21). The lowest BCUT2D eigenvalue weighted by atomic mass is 10.2. The summed E-state index contributed by atoms with van der Waals surface area (Å²) in [5, 5.41) is 13.6. The molecule has 2 amide bonds.